The molecule has 1 unspecified atom stereocenters. The Bertz CT molecular complexity index is 260. The van der Waals surface area contributed by atoms with Crippen molar-refractivity contribution < 1.29 is 9.15 Å². The molecular formula is C12H22N2O2. The van der Waals surface area contributed by atoms with Crippen molar-refractivity contribution in [1.82, 2.24) is 10.2 Å². The number of rotatable bonds is 8. The van der Waals surface area contributed by atoms with Gasteiger partial charge in [0.1, 0.15) is 5.76 Å². The first kappa shape index (κ1) is 13.2. The van der Waals surface area contributed by atoms with Gasteiger partial charge in [0.05, 0.1) is 25.5 Å². The van der Waals surface area contributed by atoms with Crippen molar-refractivity contribution in [3.8, 4) is 0 Å². The van der Waals surface area contributed by atoms with E-state index in [0.717, 1.165) is 32.1 Å². The highest BCUT2D eigenvalue weighted by Crippen LogP contribution is 2.11. The predicted molar refractivity (Wildman–Crippen MR) is 64.5 cm³/mol. The van der Waals surface area contributed by atoms with E-state index < -0.39 is 0 Å². The van der Waals surface area contributed by atoms with E-state index in [-0.39, 0.29) is 6.04 Å². The molecule has 0 radical (unpaired) electrons. The normalized spacial score (nSPS) is 13.2. The fourth-order valence-corrected chi connectivity index (χ4v) is 1.34. The van der Waals surface area contributed by atoms with Crippen molar-refractivity contribution >= 4 is 0 Å². The third-order valence-corrected chi connectivity index (χ3v) is 2.35. The molecule has 0 saturated carbocycles. The molecule has 4 heteroatoms. The molecule has 0 aliphatic rings. The van der Waals surface area contributed by atoms with Gasteiger partial charge in [-0.25, -0.2) is 0 Å². The largest absolute Gasteiger partial charge is 0.468 e. The highest BCUT2D eigenvalue weighted by Gasteiger charge is 2.05. The lowest BCUT2D eigenvalue weighted by molar-refractivity contribution is 0.117. The van der Waals surface area contributed by atoms with Crippen LogP contribution in [-0.4, -0.2) is 45.3 Å². The number of nitrogens with one attached hydrogen (secondary N) is 1. The number of nitrogens with zero attached hydrogens (tertiary/aromatic N) is 1. The van der Waals surface area contributed by atoms with Crippen molar-refractivity contribution in [2.75, 3.05) is 40.4 Å². The highest BCUT2D eigenvalue weighted by atomic mass is 16.5. The van der Waals surface area contributed by atoms with Crippen LogP contribution in [0.3, 0.4) is 0 Å². The van der Waals surface area contributed by atoms with Crippen LogP contribution in [-0.2, 0) is 4.74 Å². The van der Waals surface area contributed by atoms with Gasteiger partial charge < -0.3 is 19.4 Å². The Morgan fingerprint density at radius 2 is 2.25 bits per heavy atom. The maximum atomic E-state index is 5.48. The zero-order valence-corrected chi connectivity index (χ0v) is 10.4. The lowest BCUT2D eigenvalue weighted by Gasteiger charge is -2.12. The molecule has 1 aromatic heterocycles. The van der Waals surface area contributed by atoms with Gasteiger partial charge in [-0.15, -0.1) is 0 Å². The van der Waals surface area contributed by atoms with Gasteiger partial charge in [-0.2, -0.15) is 0 Å². The van der Waals surface area contributed by atoms with Crippen molar-refractivity contribution in [3.63, 3.8) is 0 Å². The fourth-order valence-electron chi connectivity index (χ4n) is 1.34. The van der Waals surface area contributed by atoms with Gasteiger partial charge in [-0.1, -0.05) is 0 Å². The van der Waals surface area contributed by atoms with Crippen LogP contribution in [0.25, 0.3) is 0 Å². The Balaban J connectivity index is 1.99. The first-order valence-electron chi connectivity index (χ1n) is 5.69. The second-order valence-corrected chi connectivity index (χ2v) is 4.11. The predicted octanol–water partition coefficient (Wildman–Crippen LogP) is 1.51. The van der Waals surface area contributed by atoms with Crippen LogP contribution in [0.2, 0.25) is 0 Å². The molecule has 1 heterocycles. The SMILES string of the molecule is CC(NCCOCCN(C)C)c1ccco1. The number of hydrogen-bond donors (Lipinski definition) is 1. The molecule has 0 aliphatic carbocycles. The van der Waals surface area contributed by atoms with Gasteiger partial charge >= 0.3 is 0 Å². The second-order valence-electron chi connectivity index (χ2n) is 4.11. The minimum Gasteiger partial charge on any atom is -0.468 e. The number of furan rings is 1. The van der Waals surface area contributed by atoms with Crippen LogP contribution >= 0.6 is 0 Å². The summed E-state index contributed by atoms with van der Waals surface area (Å²) < 4.78 is 10.8. The minimum absolute atomic E-state index is 0.243. The second kappa shape index (κ2) is 7.44. The maximum absolute atomic E-state index is 5.48. The van der Waals surface area contributed by atoms with Gasteiger partial charge in [0.25, 0.3) is 0 Å². The molecule has 0 aromatic carbocycles. The van der Waals surface area contributed by atoms with Gasteiger partial charge in [-0.3, -0.25) is 0 Å². The van der Waals surface area contributed by atoms with Crippen molar-refractivity contribution in [2.24, 2.45) is 0 Å². The van der Waals surface area contributed by atoms with E-state index in [1.807, 2.05) is 26.2 Å². The van der Waals surface area contributed by atoms with Crippen molar-refractivity contribution in [3.05, 3.63) is 24.2 Å². The molecule has 16 heavy (non-hydrogen) atoms. The maximum Gasteiger partial charge on any atom is 0.120 e. The molecule has 92 valence electrons. The number of likely N-dealkylation sites (N-methyl/N-ethyl adjacent to an activating group) is 1. The van der Waals surface area contributed by atoms with Crippen LogP contribution in [0.5, 0.6) is 0 Å². The van der Waals surface area contributed by atoms with Gasteiger partial charge in [0.2, 0.25) is 0 Å². The van der Waals surface area contributed by atoms with Crippen molar-refractivity contribution in [1.29, 1.82) is 0 Å². The number of ether oxygens (including phenoxy) is 1. The third-order valence-electron chi connectivity index (χ3n) is 2.35. The van der Waals surface area contributed by atoms with E-state index in [0.29, 0.717) is 0 Å². The molecule has 0 fully saturated rings. The Hall–Kier alpha value is -0.840. The molecule has 0 saturated heterocycles. The van der Waals surface area contributed by atoms with Gasteiger partial charge in [0, 0.05) is 13.1 Å². The summed E-state index contributed by atoms with van der Waals surface area (Å²) in [4.78, 5) is 2.11. The average molecular weight is 226 g/mol. The molecule has 0 aliphatic heterocycles. The Morgan fingerprint density at radius 3 is 2.88 bits per heavy atom. The zero-order chi connectivity index (χ0) is 11.8. The lowest BCUT2D eigenvalue weighted by Crippen LogP contribution is -2.25. The smallest absolute Gasteiger partial charge is 0.120 e. The van der Waals surface area contributed by atoms with Gasteiger partial charge in [-0.05, 0) is 33.2 Å². The molecule has 1 aromatic rings. The Labute approximate surface area is 97.6 Å². The standard InChI is InChI=1S/C12H22N2O2/c1-11(12-5-4-8-16-12)13-6-9-15-10-7-14(2)3/h4-5,8,11,13H,6-7,9-10H2,1-3H3. The van der Waals surface area contributed by atoms with Crippen LogP contribution in [0.1, 0.15) is 18.7 Å². The van der Waals surface area contributed by atoms with Crippen molar-refractivity contribution in [2.45, 2.75) is 13.0 Å². The average Bonchev–Trinajstić information content (AvgIpc) is 2.75. The molecule has 4 nitrogen and oxygen atoms in total. The van der Waals surface area contributed by atoms with Crippen LogP contribution in [0, 0.1) is 0 Å². The highest BCUT2D eigenvalue weighted by molar-refractivity contribution is 5.02. The van der Waals surface area contributed by atoms with E-state index >= 15 is 0 Å². The monoisotopic (exact) mass is 226 g/mol. The summed E-state index contributed by atoms with van der Waals surface area (Å²) in [5.41, 5.74) is 0. The molecule has 0 spiro atoms. The summed E-state index contributed by atoms with van der Waals surface area (Å²) >= 11 is 0. The summed E-state index contributed by atoms with van der Waals surface area (Å²) in [5, 5.41) is 3.34. The molecule has 1 atom stereocenters. The quantitative estimate of drug-likeness (QED) is 0.682. The first-order chi connectivity index (χ1) is 7.70. The molecule has 0 bridgehead atoms. The van der Waals surface area contributed by atoms with Gasteiger partial charge in [0.15, 0.2) is 0 Å². The van der Waals surface area contributed by atoms with E-state index in [1.165, 1.54) is 0 Å². The van der Waals surface area contributed by atoms with Crippen LogP contribution in [0.4, 0.5) is 0 Å². The summed E-state index contributed by atoms with van der Waals surface area (Å²) in [6.07, 6.45) is 1.70. The Morgan fingerprint density at radius 1 is 1.44 bits per heavy atom. The fraction of sp³-hybridized carbons (Fsp3) is 0.667. The summed E-state index contributed by atoms with van der Waals surface area (Å²) in [5.74, 6) is 0.966. The lowest BCUT2D eigenvalue weighted by atomic mass is 10.2. The molecule has 1 N–H and O–H groups in total. The van der Waals surface area contributed by atoms with E-state index in [4.69, 9.17) is 9.15 Å². The summed E-state index contributed by atoms with van der Waals surface area (Å²) in [6.45, 7) is 5.41. The topological polar surface area (TPSA) is 37.6 Å². The first-order valence-corrected chi connectivity index (χ1v) is 5.69. The minimum atomic E-state index is 0.243. The Kier molecular flexibility index (Phi) is 6.15. The zero-order valence-electron chi connectivity index (χ0n) is 10.4. The molecule has 1 rings (SSSR count). The van der Waals surface area contributed by atoms with Crippen LogP contribution in [0.15, 0.2) is 22.8 Å². The summed E-state index contributed by atoms with van der Waals surface area (Å²) in [7, 11) is 4.08. The van der Waals surface area contributed by atoms with Crippen LogP contribution < -0.4 is 5.32 Å². The molecule has 0 amide bonds. The van der Waals surface area contributed by atoms with E-state index in [9.17, 15) is 0 Å². The van der Waals surface area contributed by atoms with E-state index in [1.54, 1.807) is 6.26 Å². The van der Waals surface area contributed by atoms with E-state index in [2.05, 4.69) is 17.1 Å². The molecular weight excluding hydrogens is 204 g/mol. The third kappa shape index (κ3) is 5.30. The summed E-state index contributed by atoms with van der Waals surface area (Å²) in [6, 6.07) is 4.12. The number of hydrogen-bond acceptors (Lipinski definition) is 4.